The summed E-state index contributed by atoms with van der Waals surface area (Å²) in [6, 6.07) is 0.252. The third-order valence-electron chi connectivity index (χ3n) is 8.73. The van der Waals surface area contributed by atoms with Crippen LogP contribution >= 0.6 is 12.2 Å². The molecule has 7 atom stereocenters. The Balaban J connectivity index is 1.50. The van der Waals surface area contributed by atoms with Gasteiger partial charge in [-0.15, -0.1) is 0 Å². The van der Waals surface area contributed by atoms with Crippen molar-refractivity contribution in [3.8, 4) is 0 Å². The molecule has 0 aromatic heterocycles. The van der Waals surface area contributed by atoms with Crippen molar-refractivity contribution in [1.82, 2.24) is 16.0 Å². The zero-order chi connectivity index (χ0) is 21.9. The maximum Gasteiger partial charge on any atom is 0.243 e. The topological polar surface area (TPSA) is 70.2 Å². The van der Waals surface area contributed by atoms with E-state index in [1.54, 1.807) is 6.08 Å². The average molecular weight is 432 g/mol. The second-order valence-corrected chi connectivity index (χ2v) is 12.0. The van der Waals surface area contributed by atoms with Gasteiger partial charge >= 0.3 is 0 Å². The molecule has 4 aliphatic rings. The molecule has 0 saturated heterocycles. The molecule has 1 aliphatic heterocycles. The third-order valence-corrected chi connectivity index (χ3v) is 8.93. The number of carbonyl (C=O) groups is 2. The molecular weight excluding hydrogens is 394 g/mol. The van der Waals surface area contributed by atoms with E-state index >= 15 is 0 Å². The molecule has 3 N–H and O–H groups in total. The maximum absolute atomic E-state index is 13.2. The first-order chi connectivity index (χ1) is 13.9. The first-order valence-electron chi connectivity index (χ1n) is 11.6. The van der Waals surface area contributed by atoms with E-state index in [1.165, 1.54) is 0 Å². The zero-order valence-electron chi connectivity index (χ0n) is 19.0. The van der Waals surface area contributed by atoms with Crippen LogP contribution in [0.1, 0.15) is 73.1 Å². The van der Waals surface area contributed by atoms with Crippen LogP contribution in [0.15, 0.2) is 12.2 Å². The van der Waals surface area contributed by atoms with Gasteiger partial charge in [-0.25, -0.2) is 0 Å². The van der Waals surface area contributed by atoms with Gasteiger partial charge in [0, 0.05) is 22.9 Å². The van der Waals surface area contributed by atoms with Crippen LogP contribution in [-0.2, 0) is 9.59 Å². The highest BCUT2D eigenvalue weighted by atomic mass is 32.1. The maximum atomic E-state index is 13.2. The van der Waals surface area contributed by atoms with Crippen molar-refractivity contribution >= 4 is 29.1 Å². The SMILES string of the molecule is CC(C)(C)NC(=S)NC(=O)C1CC[C@H]2[C@@H]3CCC4NC(=O)C=C[C@]4(C)[C@@H]3CC[C@]12C. The second-order valence-electron chi connectivity index (χ2n) is 11.6. The molecule has 1 heterocycles. The summed E-state index contributed by atoms with van der Waals surface area (Å²) in [5.41, 5.74) is -0.0916. The predicted octanol–water partition coefficient (Wildman–Crippen LogP) is 3.69. The first-order valence-corrected chi connectivity index (χ1v) is 12.0. The number of hydrogen-bond acceptors (Lipinski definition) is 3. The minimum Gasteiger partial charge on any atom is -0.358 e. The number of amides is 2. The first kappa shape index (κ1) is 21.8. The van der Waals surface area contributed by atoms with Crippen molar-refractivity contribution in [2.45, 2.75) is 84.7 Å². The molecule has 0 aromatic rings. The Hall–Kier alpha value is -1.43. The van der Waals surface area contributed by atoms with Gasteiger partial charge in [0.15, 0.2) is 5.11 Å². The van der Waals surface area contributed by atoms with Gasteiger partial charge in [0.1, 0.15) is 0 Å². The fraction of sp³-hybridized carbons (Fsp3) is 0.792. The zero-order valence-corrected chi connectivity index (χ0v) is 19.8. The summed E-state index contributed by atoms with van der Waals surface area (Å²) in [5, 5.41) is 9.84. The minimum atomic E-state index is -0.165. The van der Waals surface area contributed by atoms with Gasteiger partial charge < -0.3 is 16.0 Å². The molecule has 0 radical (unpaired) electrons. The Kier molecular flexibility index (Phi) is 5.32. The standard InChI is InChI=1S/C24H37N3O2S/c1-22(2,3)27-21(30)26-20(29)17-8-7-15-14-6-9-18-24(5,13-11-19(28)25-18)16(14)10-12-23(15,17)4/h11,13-18H,6-10,12H2,1-5H3,(H,25,28)(H2,26,27,29,30)/t14-,15-,16+,17?,18?,23-,24+/m0/s1. The van der Waals surface area contributed by atoms with Crippen LogP contribution in [0.2, 0.25) is 0 Å². The lowest BCUT2D eigenvalue weighted by molar-refractivity contribution is -0.132. The largest absolute Gasteiger partial charge is 0.358 e. The monoisotopic (exact) mass is 431 g/mol. The molecule has 2 unspecified atom stereocenters. The lowest BCUT2D eigenvalue weighted by atomic mass is 9.48. The number of carbonyl (C=O) groups excluding carboxylic acids is 2. The number of nitrogens with one attached hydrogen (secondary N) is 3. The van der Waals surface area contributed by atoms with Crippen molar-refractivity contribution in [3.05, 3.63) is 12.2 Å². The fourth-order valence-corrected chi connectivity index (χ4v) is 7.74. The van der Waals surface area contributed by atoms with Crippen LogP contribution in [0.3, 0.4) is 0 Å². The van der Waals surface area contributed by atoms with Crippen LogP contribution in [-0.4, -0.2) is 28.5 Å². The number of hydrogen-bond donors (Lipinski definition) is 3. The lowest BCUT2D eigenvalue weighted by Gasteiger charge is -2.58. The van der Waals surface area contributed by atoms with Gasteiger partial charge in [0.2, 0.25) is 11.8 Å². The number of fused-ring (bicyclic) bond motifs is 5. The smallest absolute Gasteiger partial charge is 0.243 e. The molecule has 30 heavy (non-hydrogen) atoms. The summed E-state index contributed by atoms with van der Waals surface area (Å²) in [4.78, 5) is 25.1. The van der Waals surface area contributed by atoms with E-state index in [9.17, 15) is 9.59 Å². The highest BCUT2D eigenvalue weighted by Gasteiger charge is 2.60. The van der Waals surface area contributed by atoms with Crippen LogP contribution in [0.5, 0.6) is 0 Å². The Morgan fingerprint density at radius 3 is 2.57 bits per heavy atom. The van der Waals surface area contributed by atoms with Gasteiger partial charge in [-0.1, -0.05) is 19.9 Å². The Morgan fingerprint density at radius 1 is 1.13 bits per heavy atom. The molecule has 6 heteroatoms. The van der Waals surface area contributed by atoms with Crippen LogP contribution in [0, 0.1) is 34.5 Å². The highest BCUT2D eigenvalue weighted by Crippen LogP contribution is 2.64. The molecule has 2 amide bonds. The summed E-state index contributed by atoms with van der Waals surface area (Å²) in [6.07, 6.45) is 10.4. The van der Waals surface area contributed by atoms with E-state index in [-0.39, 0.29) is 40.1 Å². The minimum absolute atomic E-state index is 0.0234. The summed E-state index contributed by atoms with van der Waals surface area (Å²) in [5.74, 6) is 1.94. The molecule has 3 aliphatic carbocycles. The van der Waals surface area contributed by atoms with Crippen LogP contribution in [0.4, 0.5) is 0 Å². The van der Waals surface area contributed by atoms with E-state index in [2.05, 4.69) is 35.9 Å². The van der Waals surface area contributed by atoms with Crippen molar-refractivity contribution in [2.75, 3.05) is 0 Å². The normalized spacial score (nSPS) is 42.4. The Bertz CT molecular complexity index is 788. The van der Waals surface area contributed by atoms with Gasteiger partial charge in [-0.2, -0.15) is 0 Å². The Labute approximate surface area is 186 Å². The van der Waals surface area contributed by atoms with Gasteiger partial charge in [0.05, 0.1) is 0 Å². The van der Waals surface area contributed by atoms with E-state index in [0.29, 0.717) is 22.9 Å². The molecule has 166 valence electrons. The van der Waals surface area contributed by atoms with E-state index in [1.807, 2.05) is 20.8 Å². The molecular formula is C24H37N3O2S. The van der Waals surface area contributed by atoms with Crippen LogP contribution in [0.25, 0.3) is 0 Å². The highest BCUT2D eigenvalue weighted by molar-refractivity contribution is 7.80. The number of thiocarbonyl (C=S) groups is 1. The Morgan fingerprint density at radius 2 is 1.87 bits per heavy atom. The average Bonchev–Trinajstić information content (AvgIpc) is 2.98. The van der Waals surface area contributed by atoms with Gasteiger partial charge in [0.25, 0.3) is 0 Å². The van der Waals surface area contributed by atoms with Crippen molar-refractivity contribution in [2.24, 2.45) is 34.5 Å². The van der Waals surface area contributed by atoms with Gasteiger partial charge in [-0.05, 0) is 101 Å². The van der Waals surface area contributed by atoms with Crippen LogP contribution < -0.4 is 16.0 Å². The van der Waals surface area contributed by atoms with E-state index in [0.717, 1.165) is 38.5 Å². The van der Waals surface area contributed by atoms with Crippen molar-refractivity contribution < 1.29 is 9.59 Å². The molecule has 0 spiro atoms. The number of rotatable bonds is 1. The lowest BCUT2D eigenvalue weighted by Crippen LogP contribution is -2.59. The summed E-state index contributed by atoms with van der Waals surface area (Å²) in [7, 11) is 0. The second kappa shape index (κ2) is 7.32. The molecule has 5 nitrogen and oxygen atoms in total. The third kappa shape index (κ3) is 3.59. The van der Waals surface area contributed by atoms with Crippen molar-refractivity contribution in [3.63, 3.8) is 0 Å². The van der Waals surface area contributed by atoms with E-state index < -0.39 is 0 Å². The van der Waals surface area contributed by atoms with E-state index in [4.69, 9.17) is 12.2 Å². The van der Waals surface area contributed by atoms with Crippen molar-refractivity contribution in [1.29, 1.82) is 0 Å². The molecule has 3 fully saturated rings. The van der Waals surface area contributed by atoms with Gasteiger partial charge in [-0.3, -0.25) is 9.59 Å². The summed E-state index contributed by atoms with van der Waals surface area (Å²) >= 11 is 5.39. The quantitative estimate of drug-likeness (QED) is 0.554. The predicted molar refractivity (Wildman–Crippen MR) is 123 cm³/mol. The molecule has 0 bridgehead atoms. The molecule has 0 aromatic carbocycles. The summed E-state index contributed by atoms with van der Waals surface area (Å²) < 4.78 is 0. The molecule has 3 saturated carbocycles. The molecule has 4 rings (SSSR count). The summed E-state index contributed by atoms with van der Waals surface area (Å²) in [6.45, 7) is 10.8. The fourth-order valence-electron chi connectivity index (χ4n) is 7.33.